The fraction of sp³-hybridized carbons (Fsp3) is 0.900. The van der Waals surface area contributed by atoms with E-state index in [0.29, 0.717) is 19.6 Å². The summed E-state index contributed by atoms with van der Waals surface area (Å²) >= 11 is 0. The number of rotatable bonds is 5. The minimum absolute atomic E-state index is 0.00118. The number of hydrogen-bond donors (Lipinski definition) is 2. The van der Waals surface area contributed by atoms with E-state index < -0.39 is 0 Å². The number of urea groups is 1. The van der Waals surface area contributed by atoms with Crippen LogP contribution in [0, 0.1) is 0 Å². The lowest BCUT2D eigenvalue weighted by Crippen LogP contribution is -2.43. The Morgan fingerprint density at radius 1 is 1.67 bits per heavy atom. The average Bonchev–Trinajstić information content (AvgIpc) is 2.75. The molecule has 0 bridgehead atoms. The Kier molecular flexibility index (Phi) is 5.42. The molecule has 0 aromatic carbocycles. The molecule has 1 unspecified atom stereocenters. The Morgan fingerprint density at radius 2 is 2.47 bits per heavy atom. The van der Waals surface area contributed by atoms with Crippen LogP contribution in [-0.4, -0.2) is 55.0 Å². The van der Waals surface area contributed by atoms with Gasteiger partial charge in [0.05, 0.1) is 12.7 Å². The highest BCUT2D eigenvalue weighted by atomic mass is 16.5. The fourth-order valence-electron chi connectivity index (χ4n) is 1.64. The molecule has 15 heavy (non-hydrogen) atoms. The number of amides is 2. The largest absolute Gasteiger partial charge is 0.395 e. The number of carbonyl (C=O) groups excluding carboxylic acids is 1. The maximum absolute atomic E-state index is 11.6. The molecule has 5 nitrogen and oxygen atoms in total. The van der Waals surface area contributed by atoms with E-state index in [2.05, 4.69) is 5.32 Å². The van der Waals surface area contributed by atoms with Crippen molar-refractivity contribution in [1.29, 1.82) is 0 Å². The van der Waals surface area contributed by atoms with Gasteiger partial charge in [-0.1, -0.05) is 0 Å². The van der Waals surface area contributed by atoms with Gasteiger partial charge in [-0.3, -0.25) is 0 Å². The van der Waals surface area contributed by atoms with Crippen LogP contribution in [-0.2, 0) is 4.74 Å². The Bertz CT molecular complexity index is 193. The van der Waals surface area contributed by atoms with Gasteiger partial charge in [0.1, 0.15) is 0 Å². The second kappa shape index (κ2) is 6.63. The second-order valence-corrected chi connectivity index (χ2v) is 3.62. The number of nitrogens with one attached hydrogen (secondary N) is 1. The van der Waals surface area contributed by atoms with Crippen LogP contribution in [0.15, 0.2) is 0 Å². The zero-order valence-electron chi connectivity index (χ0n) is 9.24. The molecule has 5 heteroatoms. The van der Waals surface area contributed by atoms with E-state index in [-0.39, 0.29) is 18.7 Å². The molecule has 88 valence electrons. The maximum Gasteiger partial charge on any atom is 0.317 e. The van der Waals surface area contributed by atoms with Gasteiger partial charge >= 0.3 is 6.03 Å². The molecule has 1 fully saturated rings. The first kappa shape index (κ1) is 12.3. The zero-order chi connectivity index (χ0) is 11.1. The summed E-state index contributed by atoms with van der Waals surface area (Å²) in [5.74, 6) is 0. The molecule has 0 radical (unpaired) electrons. The van der Waals surface area contributed by atoms with Gasteiger partial charge in [0.15, 0.2) is 0 Å². The van der Waals surface area contributed by atoms with Crippen LogP contribution in [0.2, 0.25) is 0 Å². The van der Waals surface area contributed by atoms with Gasteiger partial charge in [0.2, 0.25) is 0 Å². The molecule has 1 aliphatic heterocycles. The van der Waals surface area contributed by atoms with E-state index in [1.165, 1.54) is 0 Å². The smallest absolute Gasteiger partial charge is 0.317 e. The van der Waals surface area contributed by atoms with Gasteiger partial charge < -0.3 is 20.1 Å². The lowest BCUT2D eigenvalue weighted by Gasteiger charge is -2.21. The SMILES string of the molecule is CCN(CCO)C(=O)NCC1CCCO1. The van der Waals surface area contributed by atoms with Gasteiger partial charge in [-0.2, -0.15) is 0 Å². The first-order valence-electron chi connectivity index (χ1n) is 5.53. The summed E-state index contributed by atoms with van der Waals surface area (Å²) in [4.78, 5) is 13.1. The molecule has 1 aliphatic rings. The van der Waals surface area contributed by atoms with Crippen molar-refractivity contribution >= 4 is 6.03 Å². The van der Waals surface area contributed by atoms with Crippen molar-refractivity contribution in [3.05, 3.63) is 0 Å². The third kappa shape index (κ3) is 4.05. The summed E-state index contributed by atoms with van der Waals surface area (Å²) in [6, 6.07) is -0.123. The molecule has 2 N–H and O–H groups in total. The summed E-state index contributed by atoms with van der Waals surface area (Å²) < 4.78 is 5.39. The second-order valence-electron chi connectivity index (χ2n) is 3.62. The first-order valence-corrected chi connectivity index (χ1v) is 5.53. The highest BCUT2D eigenvalue weighted by Gasteiger charge is 2.17. The molecule has 1 rings (SSSR count). The highest BCUT2D eigenvalue weighted by molar-refractivity contribution is 5.74. The quantitative estimate of drug-likeness (QED) is 0.689. The number of ether oxygens (including phenoxy) is 1. The Morgan fingerprint density at radius 3 is 3.00 bits per heavy atom. The molecular weight excluding hydrogens is 196 g/mol. The van der Waals surface area contributed by atoms with Crippen LogP contribution in [0.25, 0.3) is 0 Å². The zero-order valence-corrected chi connectivity index (χ0v) is 9.24. The molecule has 0 spiro atoms. The minimum atomic E-state index is -0.123. The summed E-state index contributed by atoms with van der Waals surface area (Å²) in [5.41, 5.74) is 0. The van der Waals surface area contributed by atoms with Gasteiger partial charge in [-0.25, -0.2) is 4.79 Å². The van der Waals surface area contributed by atoms with Crippen LogP contribution in [0.1, 0.15) is 19.8 Å². The number of likely N-dealkylation sites (N-methyl/N-ethyl adjacent to an activating group) is 1. The van der Waals surface area contributed by atoms with Crippen LogP contribution in [0.3, 0.4) is 0 Å². The lowest BCUT2D eigenvalue weighted by molar-refractivity contribution is 0.108. The normalized spacial score (nSPS) is 20.3. The van der Waals surface area contributed by atoms with Crippen LogP contribution < -0.4 is 5.32 Å². The summed E-state index contributed by atoms with van der Waals surface area (Å²) in [7, 11) is 0. The van der Waals surface area contributed by atoms with Crippen LogP contribution in [0.4, 0.5) is 4.79 Å². The van der Waals surface area contributed by atoms with E-state index in [1.807, 2.05) is 6.92 Å². The van der Waals surface area contributed by atoms with E-state index in [9.17, 15) is 4.79 Å². The van der Waals surface area contributed by atoms with Gasteiger partial charge in [-0.05, 0) is 19.8 Å². The molecule has 0 aliphatic carbocycles. The number of carbonyl (C=O) groups is 1. The monoisotopic (exact) mass is 216 g/mol. The number of hydrogen-bond acceptors (Lipinski definition) is 3. The highest BCUT2D eigenvalue weighted by Crippen LogP contribution is 2.10. The van der Waals surface area contributed by atoms with Crippen LogP contribution >= 0.6 is 0 Å². The molecule has 0 aromatic rings. The van der Waals surface area contributed by atoms with Gasteiger partial charge in [-0.15, -0.1) is 0 Å². The number of nitrogens with zero attached hydrogens (tertiary/aromatic N) is 1. The predicted octanol–water partition coefficient (Wildman–Crippen LogP) is 0.189. The standard InChI is InChI=1S/C10H20N2O3/c1-2-12(5-6-13)10(14)11-8-9-4-3-7-15-9/h9,13H,2-8H2,1H3,(H,11,14). The fourth-order valence-corrected chi connectivity index (χ4v) is 1.64. The summed E-state index contributed by atoms with van der Waals surface area (Å²) in [5, 5.41) is 11.6. The van der Waals surface area contributed by atoms with E-state index in [4.69, 9.17) is 9.84 Å². The van der Waals surface area contributed by atoms with E-state index in [0.717, 1.165) is 19.4 Å². The molecule has 1 saturated heterocycles. The average molecular weight is 216 g/mol. The molecule has 0 saturated carbocycles. The molecule has 1 heterocycles. The van der Waals surface area contributed by atoms with E-state index >= 15 is 0 Å². The number of aliphatic hydroxyl groups excluding tert-OH is 1. The van der Waals surface area contributed by atoms with Crippen molar-refractivity contribution in [2.45, 2.75) is 25.9 Å². The third-order valence-electron chi connectivity index (χ3n) is 2.54. The predicted molar refractivity (Wildman–Crippen MR) is 56.7 cm³/mol. The summed E-state index contributed by atoms with van der Waals surface area (Å²) in [6.07, 6.45) is 2.27. The van der Waals surface area contributed by atoms with Crippen molar-refractivity contribution in [2.75, 3.05) is 32.8 Å². The van der Waals surface area contributed by atoms with Crippen molar-refractivity contribution in [3.8, 4) is 0 Å². The van der Waals surface area contributed by atoms with Crippen molar-refractivity contribution in [2.24, 2.45) is 0 Å². The Hall–Kier alpha value is -0.810. The van der Waals surface area contributed by atoms with Gasteiger partial charge in [0.25, 0.3) is 0 Å². The van der Waals surface area contributed by atoms with Crippen molar-refractivity contribution < 1.29 is 14.6 Å². The third-order valence-corrected chi connectivity index (χ3v) is 2.54. The first-order chi connectivity index (χ1) is 7.27. The molecule has 2 amide bonds. The topological polar surface area (TPSA) is 61.8 Å². The Balaban J connectivity index is 2.20. The van der Waals surface area contributed by atoms with Crippen LogP contribution in [0.5, 0.6) is 0 Å². The molecule has 1 atom stereocenters. The van der Waals surface area contributed by atoms with Crippen molar-refractivity contribution in [1.82, 2.24) is 10.2 Å². The maximum atomic E-state index is 11.6. The van der Waals surface area contributed by atoms with Gasteiger partial charge in [0, 0.05) is 26.2 Å². The molecular formula is C10H20N2O3. The minimum Gasteiger partial charge on any atom is -0.395 e. The Labute approximate surface area is 90.4 Å². The van der Waals surface area contributed by atoms with Crippen molar-refractivity contribution in [3.63, 3.8) is 0 Å². The number of aliphatic hydroxyl groups is 1. The molecule has 0 aromatic heterocycles. The summed E-state index contributed by atoms with van der Waals surface area (Å²) in [6.45, 7) is 4.25. The lowest BCUT2D eigenvalue weighted by atomic mass is 10.2. The van der Waals surface area contributed by atoms with E-state index in [1.54, 1.807) is 4.90 Å².